The Morgan fingerprint density at radius 1 is 1.16 bits per heavy atom. The van der Waals surface area contributed by atoms with Gasteiger partial charge in [0.2, 0.25) is 0 Å². The third kappa shape index (κ3) is 3.08. The van der Waals surface area contributed by atoms with Crippen LogP contribution < -0.4 is 11.1 Å². The molecule has 2 rings (SSSR count). The summed E-state index contributed by atoms with van der Waals surface area (Å²) in [6, 6.07) is 8.67. The minimum atomic E-state index is -0.662. The summed E-state index contributed by atoms with van der Waals surface area (Å²) in [5.41, 5.74) is 6.49. The summed E-state index contributed by atoms with van der Waals surface area (Å²) in [5.74, 6) is -1.32. The maximum atomic E-state index is 13.5. The summed E-state index contributed by atoms with van der Waals surface area (Å²) in [5, 5.41) is 2.69. The van der Waals surface area contributed by atoms with Crippen LogP contribution in [0.3, 0.4) is 0 Å². The highest BCUT2D eigenvalue weighted by molar-refractivity contribution is 9.10. The predicted molar refractivity (Wildman–Crippen MR) is 79.7 cm³/mol. The van der Waals surface area contributed by atoms with Crippen molar-refractivity contribution in [3.8, 4) is 0 Å². The molecular formula is C13H9BrF2N2S. The number of halogens is 3. The van der Waals surface area contributed by atoms with Crippen LogP contribution in [0.15, 0.2) is 40.9 Å². The van der Waals surface area contributed by atoms with Gasteiger partial charge < -0.3 is 11.1 Å². The first-order valence-corrected chi connectivity index (χ1v) is 6.49. The van der Waals surface area contributed by atoms with Gasteiger partial charge in [-0.25, -0.2) is 8.78 Å². The molecular weight excluding hydrogens is 334 g/mol. The lowest BCUT2D eigenvalue weighted by Gasteiger charge is -2.11. The fraction of sp³-hybridized carbons (Fsp3) is 0. The maximum Gasteiger partial charge on any atom is 0.149 e. The topological polar surface area (TPSA) is 38.0 Å². The molecule has 0 amide bonds. The van der Waals surface area contributed by atoms with E-state index in [1.54, 1.807) is 18.2 Å². The lowest BCUT2D eigenvalue weighted by Crippen LogP contribution is -2.09. The van der Waals surface area contributed by atoms with Crippen molar-refractivity contribution in [1.29, 1.82) is 0 Å². The smallest absolute Gasteiger partial charge is 0.149 e. The molecule has 0 radical (unpaired) electrons. The quantitative estimate of drug-likeness (QED) is 0.824. The van der Waals surface area contributed by atoms with Crippen molar-refractivity contribution in [2.24, 2.45) is 5.73 Å². The van der Waals surface area contributed by atoms with E-state index in [0.717, 1.165) is 0 Å². The van der Waals surface area contributed by atoms with Gasteiger partial charge in [-0.3, -0.25) is 0 Å². The molecule has 0 aliphatic carbocycles. The highest BCUT2D eigenvalue weighted by Crippen LogP contribution is 2.29. The minimum Gasteiger partial charge on any atom is -0.389 e. The van der Waals surface area contributed by atoms with Crippen LogP contribution in [0.1, 0.15) is 5.56 Å². The number of benzene rings is 2. The molecule has 0 heterocycles. The maximum absolute atomic E-state index is 13.5. The van der Waals surface area contributed by atoms with Crippen molar-refractivity contribution < 1.29 is 8.78 Å². The van der Waals surface area contributed by atoms with Crippen LogP contribution in [0.5, 0.6) is 0 Å². The standard InChI is InChI=1S/C13H9BrF2N2S/c14-8-6-7(13(17)19)4-5-11(8)18-12-9(15)2-1-3-10(12)16/h1-6,18H,(H2,17,19). The average Bonchev–Trinajstić information content (AvgIpc) is 2.35. The Morgan fingerprint density at radius 3 is 2.32 bits per heavy atom. The molecule has 0 saturated heterocycles. The van der Waals surface area contributed by atoms with Gasteiger partial charge in [-0.05, 0) is 46.3 Å². The SMILES string of the molecule is NC(=S)c1ccc(Nc2c(F)cccc2F)c(Br)c1. The number of hydrogen-bond donors (Lipinski definition) is 2. The second kappa shape index (κ2) is 5.63. The Bertz CT molecular complexity index is 626. The summed E-state index contributed by atoms with van der Waals surface area (Å²) in [6.07, 6.45) is 0. The summed E-state index contributed by atoms with van der Waals surface area (Å²) in [4.78, 5) is 0.254. The molecule has 0 unspecified atom stereocenters. The van der Waals surface area contributed by atoms with Gasteiger partial charge in [0.05, 0.1) is 5.69 Å². The van der Waals surface area contributed by atoms with E-state index >= 15 is 0 Å². The molecule has 98 valence electrons. The lowest BCUT2D eigenvalue weighted by atomic mass is 10.2. The van der Waals surface area contributed by atoms with Crippen LogP contribution in [0.25, 0.3) is 0 Å². The summed E-state index contributed by atoms with van der Waals surface area (Å²) >= 11 is 8.15. The Labute approximate surface area is 122 Å². The largest absolute Gasteiger partial charge is 0.389 e. The van der Waals surface area contributed by atoms with E-state index in [1.165, 1.54) is 18.2 Å². The van der Waals surface area contributed by atoms with Crippen LogP contribution in [0.4, 0.5) is 20.2 Å². The van der Waals surface area contributed by atoms with Crippen molar-refractivity contribution in [1.82, 2.24) is 0 Å². The van der Waals surface area contributed by atoms with E-state index < -0.39 is 11.6 Å². The molecule has 0 aliphatic rings. The average molecular weight is 343 g/mol. The monoisotopic (exact) mass is 342 g/mol. The molecule has 0 saturated carbocycles. The Balaban J connectivity index is 2.36. The molecule has 2 aromatic carbocycles. The van der Waals surface area contributed by atoms with E-state index in [-0.39, 0.29) is 10.7 Å². The molecule has 2 nitrogen and oxygen atoms in total. The van der Waals surface area contributed by atoms with E-state index in [9.17, 15) is 8.78 Å². The van der Waals surface area contributed by atoms with Gasteiger partial charge in [-0.15, -0.1) is 0 Å². The van der Waals surface area contributed by atoms with E-state index in [4.69, 9.17) is 18.0 Å². The van der Waals surface area contributed by atoms with Crippen molar-refractivity contribution in [2.75, 3.05) is 5.32 Å². The summed E-state index contributed by atoms with van der Waals surface area (Å²) in [6.45, 7) is 0. The Morgan fingerprint density at radius 2 is 1.79 bits per heavy atom. The first-order chi connectivity index (χ1) is 8.99. The van der Waals surface area contributed by atoms with E-state index in [0.29, 0.717) is 15.7 Å². The van der Waals surface area contributed by atoms with Gasteiger partial charge >= 0.3 is 0 Å². The molecule has 3 N–H and O–H groups in total. The number of para-hydroxylation sites is 1. The highest BCUT2D eigenvalue weighted by atomic mass is 79.9. The normalized spacial score (nSPS) is 10.3. The number of thiocarbonyl (C=S) groups is 1. The number of rotatable bonds is 3. The first kappa shape index (κ1) is 13.9. The van der Waals surface area contributed by atoms with Gasteiger partial charge in [0.15, 0.2) is 0 Å². The molecule has 19 heavy (non-hydrogen) atoms. The van der Waals surface area contributed by atoms with Gasteiger partial charge in [0.25, 0.3) is 0 Å². The Kier molecular flexibility index (Phi) is 4.11. The molecule has 0 bridgehead atoms. The van der Waals surface area contributed by atoms with Crippen LogP contribution in [0, 0.1) is 11.6 Å². The van der Waals surface area contributed by atoms with E-state index in [1.807, 2.05) is 0 Å². The molecule has 0 fully saturated rings. The zero-order chi connectivity index (χ0) is 14.0. The number of anilines is 2. The molecule has 0 aliphatic heterocycles. The number of hydrogen-bond acceptors (Lipinski definition) is 2. The molecule has 0 aromatic heterocycles. The number of nitrogens with one attached hydrogen (secondary N) is 1. The van der Waals surface area contributed by atoms with Crippen LogP contribution in [-0.4, -0.2) is 4.99 Å². The zero-order valence-corrected chi connectivity index (χ0v) is 12.0. The van der Waals surface area contributed by atoms with Crippen molar-refractivity contribution >= 4 is 44.5 Å². The van der Waals surface area contributed by atoms with Crippen molar-refractivity contribution in [3.05, 3.63) is 58.1 Å². The molecule has 0 spiro atoms. The van der Waals surface area contributed by atoms with Gasteiger partial charge in [-0.1, -0.05) is 18.3 Å². The van der Waals surface area contributed by atoms with E-state index in [2.05, 4.69) is 21.2 Å². The van der Waals surface area contributed by atoms with Gasteiger partial charge in [-0.2, -0.15) is 0 Å². The summed E-state index contributed by atoms with van der Waals surface area (Å²) in [7, 11) is 0. The van der Waals surface area contributed by atoms with Crippen LogP contribution in [0.2, 0.25) is 0 Å². The van der Waals surface area contributed by atoms with Crippen LogP contribution in [-0.2, 0) is 0 Å². The fourth-order valence-corrected chi connectivity index (χ4v) is 2.13. The van der Waals surface area contributed by atoms with Crippen LogP contribution >= 0.6 is 28.1 Å². The third-order valence-corrected chi connectivity index (χ3v) is 3.37. The highest BCUT2D eigenvalue weighted by Gasteiger charge is 2.10. The first-order valence-electron chi connectivity index (χ1n) is 5.29. The third-order valence-electron chi connectivity index (χ3n) is 2.48. The molecule has 6 heteroatoms. The van der Waals surface area contributed by atoms with Gasteiger partial charge in [0, 0.05) is 10.0 Å². The van der Waals surface area contributed by atoms with Crippen molar-refractivity contribution in [2.45, 2.75) is 0 Å². The lowest BCUT2D eigenvalue weighted by molar-refractivity contribution is 0.591. The molecule has 2 aromatic rings. The Hall–Kier alpha value is -1.53. The second-order valence-corrected chi connectivity index (χ2v) is 5.07. The predicted octanol–water partition coefficient (Wildman–Crippen LogP) is 4.11. The van der Waals surface area contributed by atoms with Crippen molar-refractivity contribution in [3.63, 3.8) is 0 Å². The molecule has 0 atom stereocenters. The summed E-state index contributed by atoms with van der Waals surface area (Å²) < 4.78 is 27.6. The fourth-order valence-electron chi connectivity index (χ4n) is 1.52. The van der Waals surface area contributed by atoms with Gasteiger partial charge in [0.1, 0.15) is 22.3 Å². The minimum absolute atomic E-state index is 0.203. The number of nitrogens with two attached hydrogens (primary N) is 1. The second-order valence-electron chi connectivity index (χ2n) is 3.78. The zero-order valence-electron chi connectivity index (χ0n) is 9.58.